The molecule has 1 aliphatic rings. The zero-order chi connectivity index (χ0) is 20.4. The number of non-ortho nitro benzene ring substituents is 1. The molecule has 3 aromatic rings. The molecule has 3 aromatic carbocycles. The Balaban J connectivity index is 1.56. The van der Waals surface area contributed by atoms with E-state index < -0.39 is 4.92 Å². The summed E-state index contributed by atoms with van der Waals surface area (Å²) in [7, 11) is 0. The Labute approximate surface area is 167 Å². The lowest BCUT2D eigenvalue weighted by molar-refractivity contribution is -0.384. The highest BCUT2D eigenvalue weighted by Gasteiger charge is 2.30. The summed E-state index contributed by atoms with van der Waals surface area (Å²) in [5.41, 5.74) is 2.90. The summed E-state index contributed by atoms with van der Waals surface area (Å²) < 4.78 is 11.7. The molecule has 0 aromatic heterocycles. The zero-order valence-electron chi connectivity index (χ0n) is 15.6. The van der Waals surface area contributed by atoms with Gasteiger partial charge >= 0.3 is 0 Å². The molecule has 0 saturated carbocycles. The fourth-order valence-electron chi connectivity index (χ4n) is 3.10. The maximum absolute atomic E-state index is 12.7. The van der Waals surface area contributed by atoms with Crippen molar-refractivity contribution >= 4 is 17.5 Å². The highest BCUT2D eigenvalue weighted by atomic mass is 16.6. The van der Waals surface area contributed by atoms with Gasteiger partial charge in [-0.3, -0.25) is 14.9 Å². The second-order valence-corrected chi connectivity index (χ2v) is 6.63. The quantitative estimate of drug-likeness (QED) is 0.346. The highest BCUT2D eigenvalue weighted by molar-refractivity contribution is 6.14. The molecule has 4 rings (SSSR count). The van der Waals surface area contributed by atoms with E-state index in [0.29, 0.717) is 29.2 Å². The van der Waals surface area contributed by atoms with Crippen molar-refractivity contribution < 1.29 is 19.2 Å². The molecular formula is C23H17NO5. The van der Waals surface area contributed by atoms with E-state index in [4.69, 9.17) is 9.47 Å². The first-order chi connectivity index (χ1) is 14.0. The van der Waals surface area contributed by atoms with Crippen LogP contribution in [0.5, 0.6) is 11.5 Å². The van der Waals surface area contributed by atoms with Gasteiger partial charge in [0, 0.05) is 17.7 Å². The smallest absolute Gasteiger partial charge is 0.269 e. The van der Waals surface area contributed by atoms with Crippen molar-refractivity contribution in [2.45, 2.75) is 13.5 Å². The van der Waals surface area contributed by atoms with Gasteiger partial charge in [-0.15, -0.1) is 0 Å². The zero-order valence-corrected chi connectivity index (χ0v) is 15.6. The van der Waals surface area contributed by atoms with E-state index >= 15 is 0 Å². The largest absolute Gasteiger partial charge is 0.488 e. The van der Waals surface area contributed by atoms with Crippen molar-refractivity contribution in [1.82, 2.24) is 0 Å². The van der Waals surface area contributed by atoms with Crippen molar-refractivity contribution in [3.8, 4) is 11.5 Å². The minimum absolute atomic E-state index is 0.00912. The topological polar surface area (TPSA) is 78.7 Å². The van der Waals surface area contributed by atoms with Gasteiger partial charge in [-0.25, -0.2) is 0 Å². The normalized spacial score (nSPS) is 13.8. The van der Waals surface area contributed by atoms with Crippen LogP contribution in [-0.2, 0) is 6.61 Å². The van der Waals surface area contributed by atoms with Crippen LogP contribution in [0.25, 0.3) is 6.08 Å². The van der Waals surface area contributed by atoms with Crippen LogP contribution in [0.2, 0.25) is 0 Å². The molecule has 0 radical (unpaired) electrons. The molecule has 0 aliphatic carbocycles. The number of nitro groups is 1. The number of ether oxygens (including phenoxy) is 2. The monoisotopic (exact) mass is 387 g/mol. The predicted molar refractivity (Wildman–Crippen MR) is 108 cm³/mol. The van der Waals surface area contributed by atoms with Gasteiger partial charge in [-0.05, 0) is 48.4 Å². The third-order valence-electron chi connectivity index (χ3n) is 4.68. The second kappa shape index (κ2) is 7.59. The Morgan fingerprint density at radius 3 is 2.45 bits per heavy atom. The average Bonchev–Trinajstić information content (AvgIpc) is 3.05. The lowest BCUT2D eigenvalue weighted by Gasteiger charge is -2.11. The standard InChI is InChI=1S/C23H17NO5/c1-15-20(28-14-17-5-3-2-4-6-17)12-11-19-22(25)21(29-23(15)19)13-16-7-9-18(10-8-16)24(26)27/h2-13H,14H2,1H3/b21-13-. The van der Waals surface area contributed by atoms with Crippen LogP contribution in [0, 0.1) is 17.0 Å². The van der Waals surface area contributed by atoms with E-state index in [1.165, 1.54) is 12.1 Å². The second-order valence-electron chi connectivity index (χ2n) is 6.63. The third kappa shape index (κ3) is 3.73. The van der Waals surface area contributed by atoms with Gasteiger partial charge in [0.15, 0.2) is 5.76 Å². The Morgan fingerprint density at radius 2 is 1.76 bits per heavy atom. The van der Waals surface area contributed by atoms with Crippen molar-refractivity contribution in [2.75, 3.05) is 0 Å². The molecule has 0 atom stereocenters. The van der Waals surface area contributed by atoms with Gasteiger partial charge in [0.2, 0.25) is 5.78 Å². The average molecular weight is 387 g/mol. The summed E-state index contributed by atoms with van der Waals surface area (Å²) in [5.74, 6) is 1.08. The number of nitro benzene ring substituents is 1. The maximum atomic E-state index is 12.7. The third-order valence-corrected chi connectivity index (χ3v) is 4.68. The van der Waals surface area contributed by atoms with E-state index in [0.717, 1.165) is 11.1 Å². The molecule has 29 heavy (non-hydrogen) atoms. The molecule has 0 fully saturated rings. The molecular weight excluding hydrogens is 370 g/mol. The lowest BCUT2D eigenvalue weighted by atomic mass is 10.1. The number of hydrogen-bond acceptors (Lipinski definition) is 5. The number of rotatable bonds is 5. The van der Waals surface area contributed by atoms with Crippen molar-refractivity contribution in [3.05, 3.63) is 105 Å². The minimum atomic E-state index is -0.468. The molecule has 0 unspecified atom stereocenters. The summed E-state index contributed by atoms with van der Waals surface area (Å²) in [6.45, 7) is 2.27. The molecule has 0 saturated heterocycles. The van der Waals surface area contributed by atoms with Crippen molar-refractivity contribution in [3.63, 3.8) is 0 Å². The van der Waals surface area contributed by atoms with Gasteiger partial charge in [0.25, 0.3) is 5.69 Å². The van der Waals surface area contributed by atoms with Gasteiger partial charge in [0.05, 0.1) is 10.5 Å². The molecule has 6 nitrogen and oxygen atoms in total. The Bertz CT molecular complexity index is 1120. The van der Waals surface area contributed by atoms with E-state index in [1.807, 2.05) is 37.3 Å². The highest BCUT2D eigenvalue weighted by Crippen LogP contribution is 2.39. The van der Waals surface area contributed by atoms with Crippen LogP contribution >= 0.6 is 0 Å². The Kier molecular flexibility index (Phi) is 4.83. The SMILES string of the molecule is Cc1c(OCc2ccccc2)ccc2c1O/C(=C\c1ccc([N+](=O)[O-])cc1)C2=O. The molecule has 1 aliphatic heterocycles. The first kappa shape index (κ1) is 18.4. The number of ketones is 1. The number of benzene rings is 3. The Morgan fingerprint density at radius 1 is 1.03 bits per heavy atom. The van der Waals surface area contributed by atoms with Crippen LogP contribution in [0.1, 0.15) is 27.0 Å². The van der Waals surface area contributed by atoms with Crippen LogP contribution in [0.15, 0.2) is 72.5 Å². The summed E-state index contributed by atoms with van der Waals surface area (Å²) in [6, 6.07) is 19.2. The molecule has 1 heterocycles. The van der Waals surface area contributed by atoms with E-state index in [-0.39, 0.29) is 17.2 Å². The molecule has 0 amide bonds. The lowest BCUT2D eigenvalue weighted by Crippen LogP contribution is -1.98. The van der Waals surface area contributed by atoms with Gasteiger partial charge < -0.3 is 9.47 Å². The van der Waals surface area contributed by atoms with Gasteiger partial charge in [0.1, 0.15) is 18.1 Å². The fraction of sp³-hybridized carbons (Fsp3) is 0.0870. The molecule has 0 spiro atoms. The number of carbonyl (C=O) groups excluding carboxylic acids is 1. The first-order valence-electron chi connectivity index (χ1n) is 9.02. The number of carbonyl (C=O) groups is 1. The molecule has 0 N–H and O–H groups in total. The Hall–Kier alpha value is -3.93. The summed E-state index contributed by atoms with van der Waals surface area (Å²) >= 11 is 0. The van der Waals surface area contributed by atoms with Crippen molar-refractivity contribution in [2.24, 2.45) is 0 Å². The number of allylic oxidation sites excluding steroid dienone is 1. The predicted octanol–water partition coefficient (Wildman–Crippen LogP) is 5.10. The van der Waals surface area contributed by atoms with Crippen LogP contribution in [0.4, 0.5) is 5.69 Å². The minimum Gasteiger partial charge on any atom is -0.488 e. The van der Waals surface area contributed by atoms with E-state index in [2.05, 4.69) is 0 Å². The summed E-state index contributed by atoms with van der Waals surface area (Å²) in [4.78, 5) is 23.0. The van der Waals surface area contributed by atoms with Gasteiger partial charge in [-0.1, -0.05) is 30.3 Å². The van der Waals surface area contributed by atoms with Crippen LogP contribution in [0.3, 0.4) is 0 Å². The molecule has 6 heteroatoms. The number of fused-ring (bicyclic) bond motifs is 1. The van der Waals surface area contributed by atoms with Gasteiger partial charge in [-0.2, -0.15) is 0 Å². The van der Waals surface area contributed by atoms with Crippen molar-refractivity contribution in [1.29, 1.82) is 0 Å². The van der Waals surface area contributed by atoms with Crippen LogP contribution < -0.4 is 9.47 Å². The molecule has 0 bridgehead atoms. The number of hydrogen-bond donors (Lipinski definition) is 0. The summed E-state index contributed by atoms with van der Waals surface area (Å²) in [5, 5.41) is 10.8. The van der Waals surface area contributed by atoms with E-state index in [1.54, 1.807) is 30.3 Å². The van der Waals surface area contributed by atoms with E-state index in [9.17, 15) is 14.9 Å². The maximum Gasteiger partial charge on any atom is 0.269 e. The summed E-state index contributed by atoms with van der Waals surface area (Å²) in [6.07, 6.45) is 1.58. The number of Topliss-reactive ketones (excluding diaryl/α,β-unsaturated/α-hetero) is 1. The first-order valence-corrected chi connectivity index (χ1v) is 9.02. The molecule has 144 valence electrons. The number of nitrogens with zero attached hydrogens (tertiary/aromatic N) is 1. The van der Waals surface area contributed by atoms with Crippen LogP contribution in [-0.4, -0.2) is 10.7 Å². The fourth-order valence-corrected chi connectivity index (χ4v) is 3.10.